The highest BCUT2D eigenvalue weighted by Crippen LogP contribution is 2.33. The van der Waals surface area contributed by atoms with Crippen LogP contribution in [0, 0.1) is 0 Å². The summed E-state index contributed by atoms with van der Waals surface area (Å²) in [5.74, 6) is -1.03. The van der Waals surface area contributed by atoms with Crippen LogP contribution in [-0.2, 0) is 19.4 Å². The van der Waals surface area contributed by atoms with Crippen LogP contribution in [0.25, 0.3) is 11.3 Å². The lowest BCUT2D eigenvalue weighted by atomic mass is 9.90. The molecule has 3 rings (SSSR count). The fourth-order valence-electron chi connectivity index (χ4n) is 2.55. The van der Waals surface area contributed by atoms with Crippen molar-refractivity contribution in [3.8, 4) is 11.3 Å². The van der Waals surface area contributed by atoms with E-state index in [0.29, 0.717) is 12.1 Å². The number of nitrogens with zero attached hydrogens (tertiary/aromatic N) is 4. The van der Waals surface area contributed by atoms with Gasteiger partial charge >= 0.3 is 5.97 Å². The number of aromatic nitrogens is 3. The lowest BCUT2D eigenvalue weighted by molar-refractivity contribution is 0.0683. The standard InChI is InChI=1S/C13H12N4O3/c18-13(19)12-10-2-1-8-7-14-4-3-9(8)11(10)16-17(12)6-5-15-20/h3-5,7,20H,1-2,6H2,(H,18,19). The van der Waals surface area contributed by atoms with Crippen molar-refractivity contribution in [2.75, 3.05) is 0 Å². The van der Waals surface area contributed by atoms with Gasteiger partial charge in [-0.25, -0.2) is 4.79 Å². The molecule has 0 radical (unpaired) electrons. The van der Waals surface area contributed by atoms with Gasteiger partial charge in [0.05, 0.1) is 18.5 Å². The molecule has 2 aromatic heterocycles. The summed E-state index contributed by atoms with van der Waals surface area (Å²) in [5, 5.41) is 25.1. The average Bonchev–Trinajstić information content (AvgIpc) is 2.84. The molecule has 0 unspecified atom stereocenters. The first-order chi connectivity index (χ1) is 9.72. The molecule has 0 saturated heterocycles. The van der Waals surface area contributed by atoms with Crippen LogP contribution in [0.15, 0.2) is 23.6 Å². The molecule has 2 heterocycles. The molecule has 0 bridgehead atoms. The smallest absolute Gasteiger partial charge is 0.354 e. The van der Waals surface area contributed by atoms with Gasteiger partial charge in [0.15, 0.2) is 5.69 Å². The molecule has 1 aliphatic carbocycles. The Morgan fingerprint density at radius 1 is 1.50 bits per heavy atom. The number of hydrogen-bond donors (Lipinski definition) is 2. The second kappa shape index (κ2) is 4.76. The van der Waals surface area contributed by atoms with Gasteiger partial charge in [-0.3, -0.25) is 9.67 Å². The van der Waals surface area contributed by atoms with Crippen LogP contribution >= 0.6 is 0 Å². The quantitative estimate of drug-likeness (QED) is 0.496. The zero-order chi connectivity index (χ0) is 14.1. The van der Waals surface area contributed by atoms with E-state index in [1.54, 1.807) is 12.4 Å². The minimum Gasteiger partial charge on any atom is -0.477 e. The Kier molecular flexibility index (Phi) is 2.94. The summed E-state index contributed by atoms with van der Waals surface area (Å²) in [6.07, 6.45) is 6.02. The molecule has 20 heavy (non-hydrogen) atoms. The molecule has 0 fully saturated rings. The highest BCUT2D eigenvalue weighted by atomic mass is 16.4. The van der Waals surface area contributed by atoms with Gasteiger partial charge in [-0.15, -0.1) is 5.16 Å². The predicted octanol–water partition coefficient (Wildman–Crippen LogP) is 1.20. The molecule has 0 aliphatic heterocycles. The minimum atomic E-state index is -1.03. The van der Waals surface area contributed by atoms with Gasteiger partial charge in [0.1, 0.15) is 0 Å². The summed E-state index contributed by atoms with van der Waals surface area (Å²) in [6.45, 7) is 0.117. The van der Waals surface area contributed by atoms with E-state index in [1.807, 2.05) is 6.07 Å². The number of fused-ring (bicyclic) bond motifs is 3. The van der Waals surface area contributed by atoms with E-state index < -0.39 is 5.97 Å². The van der Waals surface area contributed by atoms with E-state index in [4.69, 9.17) is 5.21 Å². The molecule has 0 saturated carbocycles. The van der Waals surface area contributed by atoms with Crippen molar-refractivity contribution in [3.63, 3.8) is 0 Å². The van der Waals surface area contributed by atoms with Crippen LogP contribution < -0.4 is 0 Å². The van der Waals surface area contributed by atoms with Crippen LogP contribution in [-0.4, -0.2) is 37.3 Å². The third kappa shape index (κ3) is 1.83. The first-order valence-electron chi connectivity index (χ1n) is 6.14. The zero-order valence-corrected chi connectivity index (χ0v) is 10.5. The van der Waals surface area contributed by atoms with E-state index in [9.17, 15) is 9.90 Å². The maximum Gasteiger partial charge on any atom is 0.354 e. The Labute approximate surface area is 114 Å². The summed E-state index contributed by atoms with van der Waals surface area (Å²) < 4.78 is 1.35. The van der Waals surface area contributed by atoms with Crippen molar-refractivity contribution in [2.24, 2.45) is 5.16 Å². The van der Waals surface area contributed by atoms with Crippen molar-refractivity contribution < 1.29 is 15.1 Å². The normalized spacial score (nSPS) is 13.2. The van der Waals surface area contributed by atoms with Crippen LogP contribution in [0.3, 0.4) is 0 Å². The highest BCUT2D eigenvalue weighted by Gasteiger charge is 2.27. The molecule has 0 atom stereocenters. The topological polar surface area (TPSA) is 101 Å². The second-order valence-corrected chi connectivity index (χ2v) is 4.49. The number of aryl methyl sites for hydroxylation is 1. The second-order valence-electron chi connectivity index (χ2n) is 4.49. The maximum atomic E-state index is 11.4. The number of hydrogen-bond acceptors (Lipinski definition) is 5. The number of rotatable bonds is 3. The van der Waals surface area contributed by atoms with Crippen LogP contribution in [0.2, 0.25) is 0 Å². The van der Waals surface area contributed by atoms with Gasteiger partial charge in [0, 0.05) is 23.5 Å². The first kappa shape index (κ1) is 12.3. The average molecular weight is 272 g/mol. The molecule has 0 aromatic carbocycles. The monoisotopic (exact) mass is 272 g/mol. The summed E-state index contributed by atoms with van der Waals surface area (Å²) in [7, 11) is 0. The van der Waals surface area contributed by atoms with Gasteiger partial charge in [-0.05, 0) is 24.5 Å². The molecular formula is C13H12N4O3. The van der Waals surface area contributed by atoms with Crippen molar-refractivity contribution in [3.05, 3.63) is 35.3 Å². The van der Waals surface area contributed by atoms with Crippen molar-refractivity contribution >= 4 is 12.2 Å². The first-order valence-corrected chi connectivity index (χ1v) is 6.14. The van der Waals surface area contributed by atoms with Crippen LogP contribution in [0.1, 0.15) is 21.6 Å². The molecule has 0 amide bonds. The zero-order valence-electron chi connectivity index (χ0n) is 10.5. The molecule has 2 aromatic rings. The molecule has 102 valence electrons. The van der Waals surface area contributed by atoms with E-state index in [-0.39, 0.29) is 12.2 Å². The fraction of sp³-hybridized carbons (Fsp3) is 0.231. The van der Waals surface area contributed by atoms with E-state index in [2.05, 4.69) is 15.2 Å². The highest BCUT2D eigenvalue weighted by molar-refractivity contribution is 5.91. The van der Waals surface area contributed by atoms with E-state index in [0.717, 1.165) is 23.1 Å². The van der Waals surface area contributed by atoms with Gasteiger partial charge in [-0.1, -0.05) is 0 Å². The van der Waals surface area contributed by atoms with Gasteiger partial charge in [-0.2, -0.15) is 5.10 Å². The number of oxime groups is 1. The summed E-state index contributed by atoms with van der Waals surface area (Å²) in [5.41, 5.74) is 3.54. The van der Waals surface area contributed by atoms with Crippen molar-refractivity contribution in [2.45, 2.75) is 19.4 Å². The van der Waals surface area contributed by atoms with Gasteiger partial charge in [0.25, 0.3) is 0 Å². The Balaban J connectivity index is 2.19. The minimum absolute atomic E-state index is 0.117. The number of pyridine rings is 1. The third-order valence-electron chi connectivity index (χ3n) is 3.39. The van der Waals surface area contributed by atoms with Gasteiger partial charge < -0.3 is 10.3 Å². The molecule has 1 aliphatic rings. The molecule has 2 N–H and O–H groups in total. The SMILES string of the molecule is O=C(O)c1c2c(nn1CC=NO)-c1ccncc1CC2. The lowest BCUT2D eigenvalue weighted by Gasteiger charge is -2.14. The largest absolute Gasteiger partial charge is 0.477 e. The van der Waals surface area contributed by atoms with Crippen molar-refractivity contribution in [1.82, 2.24) is 14.8 Å². The predicted molar refractivity (Wildman–Crippen MR) is 70.1 cm³/mol. The number of aromatic carboxylic acids is 1. The maximum absolute atomic E-state index is 11.4. The van der Waals surface area contributed by atoms with E-state index >= 15 is 0 Å². The number of carboxylic acid groups (broad SMARTS) is 1. The summed E-state index contributed by atoms with van der Waals surface area (Å²) in [4.78, 5) is 15.5. The Bertz CT molecular complexity index is 706. The Morgan fingerprint density at radius 3 is 3.10 bits per heavy atom. The van der Waals surface area contributed by atoms with Crippen LogP contribution in [0.4, 0.5) is 0 Å². The lowest BCUT2D eigenvalue weighted by Crippen LogP contribution is -2.13. The Morgan fingerprint density at radius 2 is 2.35 bits per heavy atom. The molecular weight excluding hydrogens is 260 g/mol. The third-order valence-corrected chi connectivity index (χ3v) is 3.39. The molecule has 7 heteroatoms. The van der Waals surface area contributed by atoms with Crippen molar-refractivity contribution in [1.29, 1.82) is 0 Å². The summed E-state index contributed by atoms with van der Waals surface area (Å²) in [6, 6.07) is 1.84. The number of carboxylic acids is 1. The molecule has 0 spiro atoms. The van der Waals surface area contributed by atoms with E-state index in [1.165, 1.54) is 10.9 Å². The fourth-order valence-corrected chi connectivity index (χ4v) is 2.55. The number of carbonyl (C=O) groups is 1. The summed E-state index contributed by atoms with van der Waals surface area (Å²) >= 11 is 0. The van der Waals surface area contributed by atoms with Gasteiger partial charge in [0.2, 0.25) is 0 Å². The Hall–Kier alpha value is -2.70. The molecule has 7 nitrogen and oxygen atoms in total. The van der Waals surface area contributed by atoms with Crippen LogP contribution in [0.5, 0.6) is 0 Å².